The Balaban J connectivity index is 5.35. The Morgan fingerprint density at radius 1 is 1.27 bits per heavy atom. The summed E-state index contributed by atoms with van der Waals surface area (Å²) < 4.78 is 9.33. The van der Waals surface area contributed by atoms with Gasteiger partial charge in [-0.25, -0.2) is 0 Å². The number of ether oxygens (including phenoxy) is 2. The molecule has 4 heteroatoms. The molecule has 0 N–H and O–H groups in total. The van der Waals surface area contributed by atoms with Gasteiger partial charge in [-0.1, -0.05) is 19.9 Å². The van der Waals surface area contributed by atoms with Gasteiger partial charge in [0.15, 0.2) is 5.41 Å². The van der Waals surface area contributed by atoms with Gasteiger partial charge >= 0.3 is 11.9 Å². The lowest BCUT2D eigenvalue weighted by Gasteiger charge is -2.30. The molecule has 0 aromatic carbocycles. The van der Waals surface area contributed by atoms with E-state index in [1.54, 1.807) is 13.8 Å². The van der Waals surface area contributed by atoms with Gasteiger partial charge < -0.3 is 9.47 Å². The smallest absolute Gasteiger partial charge is 0.323 e. The fraction of sp³-hybridized carbons (Fsp3) is 0.636. The van der Waals surface area contributed by atoms with Crippen LogP contribution >= 0.6 is 0 Å². The van der Waals surface area contributed by atoms with Crippen molar-refractivity contribution in [1.82, 2.24) is 0 Å². The summed E-state index contributed by atoms with van der Waals surface area (Å²) in [4.78, 5) is 23.4. The molecule has 0 aliphatic carbocycles. The maximum atomic E-state index is 11.7. The molecule has 0 saturated carbocycles. The molecule has 15 heavy (non-hydrogen) atoms. The summed E-state index contributed by atoms with van der Waals surface area (Å²) in [5, 5.41) is 0. The average Bonchev–Trinajstić information content (AvgIpc) is 2.23. The molecular weight excluding hydrogens is 196 g/mol. The van der Waals surface area contributed by atoms with E-state index in [0.29, 0.717) is 0 Å². The quantitative estimate of drug-likeness (QED) is 0.396. The van der Waals surface area contributed by atoms with Gasteiger partial charge in [0.2, 0.25) is 0 Å². The minimum Gasteiger partial charge on any atom is -0.468 e. The normalized spacial score (nSPS) is 11.0. The maximum absolute atomic E-state index is 11.7. The van der Waals surface area contributed by atoms with Crippen molar-refractivity contribution in [2.24, 2.45) is 11.3 Å². The predicted molar refractivity (Wildman–Crippen MR) is 56.1 cm³/mol. The molecule has 0 bridgehead atoms. The summed E-state index contributed by atoms with van der Waals surface area (Å²) in [6, 6.07) is 0. The molecule has 0 aromatic heterocycles. The number of methoxy groups -OCH3 is 2. The first-order valence-corrected chi connectivity index (χ1v) is 4.75. The van der Waals surface area contributed by atoms with Crippen LogP contribution in [0.4, 0.5) is 0 Å². The van der Waals surface area contributed by atoms with Crippen LogP contribution in [-0.4, -0.2) is 26.2 Å². The van der Waals surface area contributed by atoms with Crippen molar-refractivity contribution in [3.05, 3.63) is 12.7 Å². The van der Waals surface area contributed by atoms with E-state index in [0.717, 1.165) is 0 Å². The van der Waals surface area contributed by atoms with Crippen LogP contribution in [0, 0.1) is 11.3 Å². The zero-order valence-corrected chi connectivity index (χ0v) is 9.70. The lowest BCUT2D eigenvalue weighted by Crippen LogP contribution is -2.45. The lowest BCUT2D eigenvalue weighted by molar-refractivity contribution is -0.172. The molecule has 0 saturated heterocycles. The summed E-state index contributed by atoms with van der Waals surface area (Å²) in [5.41, 5.74) is -1.27. The highest BCUT2D eigenvalue weighted by molar-refractivity contribution is 6.00. The van der Waals surface area contributed by atoms with Crippen LogP contribution in [0.1, 0.15) is 20.3 Å². The van der Waals surface area contributed by atoms with Crippen molar-refractivity contribution in [1.29, 1.82) is 0 Å². The summed E-state index contributed by atoms with van der Waals surface area (Å²) in [5.74, 6) is -1.37. The van der Waals surface area contributed by atoms with Crippen molar-refractivity contribution in [3.63, 3.8) is 0 Å². The molecule has 0 radical (unpaired) electrons. The SMILES string of the molecule is C=CCC(C(=O)OC)(C(=O)OC)C(C)C. The number of rotatable bonds is 5. The molecule has 0 rings (SSSR count). The topological polar surface area (TPSA) is 52.6 Å². The minimum absolute atomic E-state index is 0.212. The fourth-order valence-corrected chi connectivity index (χ4v) is 1.55. The molecule has 0 aliphatic heterocycles. The average molecular weight is 214 g/mol. The van der Waals surface area contributed by atoms with E-state index in [-0.39, 0.29) is 12.3 Å². The minimum atomic E-state index is -1.27. The van der Waals surface area contributed by atoms with E-state index in [9.17, 15) is 9.59 Å². The Morgan fingerprint density at radius 3 is 1.87 bits per heavy atom. The monoisotopic (exact) mass is 214 g/mol. The summed E-state index contributed by atoms with van der Waals surface area (Å²) >= 11 is 0. The van der Waals surface area contributed by atoms with Crippen molar-refractivity contribution in [2.75, 3.05) is 14.2 Å². The van der Waals surface area contributed by atoms with Crippen LogP contribution in [0.15, 0.2) is 12.7 Å². The molecule has 0 atom stereocenters. The van der Waals surface area contributed by atoms with Crippen LogP contribution in [0.25, 0.3) is 0 Å². The molecule has 0 unspecified atom stereocenters. The highest BCUT2D eigenvalue weighted by Crippen LogP contribution is 2.34. The van der Waals surface area contributed by atoms with E-state index in [4.69, 9.17) is 0 Å². The molecule has 0 amide bonds. The molecule has 0 heterocycles. The third kappa shape index (κ3) is 2.37. The van der Waals surface area contributed by atoms with E-state index in [1.807, 2.05) is 0 Å². The largest absolute Gasteiger partial charge is 0.468 e. The second-order valence-electron chi connectivity index (χ2n) is 3.60. The standard InChI is InChI=1S/C11H18O4/c1-6-7-11(8(2)3,9(12)14-4)10(13)15-5/h6,8H,1,7H2,2-5H3. The van der Waals surface area contributed by atoms with E-state index in [2.05, 4.69) is 16.1 Å². The van der Waals surface area contributed by atoms with E-state index in [1.165, 1.54) is 20.3 Å². The molecule has 4 nitrogen and oxygen atoms in total. The second-order valence-corrected chi connectivity index (χ2v) is 3.60. The number of carbonyl (C=O) groups excluding carboxylic acids is 2. The predicted octanol–water partition coefficient (Wildman–Crippen LogP) is 1.55. The Kier molecular flexibility index (Phi) is 5.05. The number of hydrogen-bond acceptors (Lipinski definition) is 4. The maximum Gasteiger partial charge on any atom is 0.323 e. The summed E-state index contributed by atoms with van der Waals surface area (Å²) in [7, 11) is 2.51. The molecular formula is C11H18O4. The second kappa shape index (κ2) is 5.53. The van der Waals surface area contributed by atoms with Gasteiger partial charge in [-0.15, -0.1) is 6.58 Å². The highest BCUT2D eigenvalue weighted by atomic mass is 16.5. The van der Waals surface area contributed by atoms with Crippen LogP contribution in [-0.2, 0) is 19.1 Å². The Morgan fingerprint density at radius 2 is 1.67 bits per heavy atom. The third-order valence-corrected chi connectivity index (χ3v) is 2.55. The van der Waals surface area contributed by atoms with Gasteiger partial charge in [-0.3, -0.25) is 9.59 Å². The van der Waals surface area contributed by atoms with Gasteiger partial charge in [0.05, 0.1) is 14.2 Å². The first-order chi connectivity index (χ1) is 6.97. The first-order valence-electron chi connectivity index (χ1n) is 4.75. The van der Waals surface area contributed by atoms with Gasteiger partial charge in [0, 0.05) is 0 Å². The molecule has 0 aliphatic rings. The van der Waals surface area contributed by atoms with Crippen LogP contribution in [0.5, 0.6) is 0 Å². The number of esters is 2. The van der Waals surface area contributed by atoms with Gasteiger partial charge in [-0.05, 0) is 12.3 Å². The summed E-state index contributed by atoms with van der Waals surface area (Å²) in [6.45, 7) is 7.10. The molecule has 86 valence electrons. The molecule has 0 fully saturated rings. The van der Waals surface area contributed by atoms with Gasteiger partial charge in [0.1, 0.15) is 0 Å². The number of allylic oxidation sites excluding steroid dienone is 1. The van der Waals surface area contributed by atoms with Crippen molar-refractivity contribution >= 4 is 11.9 Å². The van der Waals surface area contributed by atoms with Crippen LogP contribution in [0.3, 0.4) is 0 Å². The zero-order valence-electron chi connectivity index (χ0n) is 9.70. The van der Waals surface area contributed by atoms with E-state index >= 15 is 0 Å². The van der Waals surface area contributed by atoms with Crippen molar-refractivity contribution < 1.29 is 19.1 Å². The van der Waals surface area contributed by atoms with Crippen molar-refractivity contribution in [3.8, 4) is 0 Å². The third-order valence-electron chi connectivity index (χ3n) is 2.55. The highest BCUT2D eigenvalue weighted by Gasteiger charge is 2.50. The Hall–Kier alpha value is -1.32. The number of carbonyl (C=O) groups is 2. The van der Waals surface area contributed by atoms with Gasteiger partial charge in [-0.2, -0.15) is 0 Å². The van der Waals surface area contributed by atoms with Crippen LogP contribution in [0.2, 0.25) is 0 Å². The Labute approximate surface area is 90.2 Å². The number of hydrogen-bond donors (Lipinski definition) is 0. The lowest BCUT2D eigenvalue weighted by atomic mass is 9.74. The van der Waals surface area contributed by atoms with Gasteiger partial charge in [0.25, 0.3) is 0 Å². The van der Waals surface area contributed by atoms with E-state index < -0.39 is 17.4 Å². The fourth-order valence-electron chi connectivity index (χ4n) is 1.55. The molecule has 0 spiro atoms. The summed E-state index contributed by atoms with van der Waals surface area (Å²) in [6.07, 6.45) is 1.73. The van der Waals surface area contributed by atoms with Crippen LogP contribution < -0.4 is 0 Å². The zero-order chi connectivity index (χ0) is 12.1. The first kappa shape index (κ1) is 13.7. The van der Waals surface area contributed by atoms with Crippen molar-refractivity contribution in [2.45, 2.75) is 20.3 Å². The Bertz CT molecular complexity index is 239. The molecule has 0 aromatic rings.